The molecular formula is C33H39N5O4. The van der Waals surface area contributed by atoms with Crippen molar-refractivity contribution in [3.8, 4) is 16.9 Å². The number of hydrogen-bond donors (Lipinski definition) is 2. The van der Waals surface area contributed by atoms with E-state index in [1.165, 1.54) is 5.06 Å². The molecule has 2 aliphatic heterocycles. The molecule has 1 fully saturated rings. The number of rotatable bonds is 11. The van der Waals surface area contributed by atoms with Gasteiger partial charge in [-0.2, -0.15) is 0 Å². The number of nitrogen functional groups attached to an aromatic ring is 1. The van der Waals surface area contributed by atoms with Gasteiger partial charge in [-0.05, 0) is 59.5 Å². The summed E-state index contributed by atoms with van der Waals surface area (Å²) < 4.78 is 11.5. The first-order chi connectivity index (χ1) is 20.5. The fourth-order valence-corrected chi connectivity index (χ4v) is 4.94. The summed E-state index contributed by atoms with van der Waals surface area (Å²) in [5, 5.41) is 1.42. The molecule has 1 amide bonds. The Kier molecular flexibility index (Phi) is 9.86. The minimum absolute atomic E-state index is 0.218. The van der Waals surface area contributed by atoms with Crippen LogP contribution in [0, 0.1) is 0 Å². The molecule has 2 aliphatic rings. The zero-order valence-corrected chi connectivity index (χ0v) is 24.1. The maximum atomic E-state index is 13.6. The molecular weight excluding hydrogens is 530 g/mol. The summed E-state index contributed by atoms with van der Waals surface area (Å²) in [6.07, 6.45) is 2.85. The van der Waals surface area contributed by atoms with E-state index in [4.69, 9.17) is 25.8 Å². The number of nitrogens with two attached hydrogens (primary N) is 2. The number of amides is 1. The van der Waals surface area contributed by atoms with Crippen LogP contribution >= 0.6 is 0 Å². The molecule has 5 rings (SSSR count). The number of carbonyl (C=O) groups is 1. The van der Waals surface area contributed by atoms with Crippen molar-refractivity contribution >= 4 is 29.2 Å². The number of fused-ring (bicyclic) bond motifs is 1. The lowest BCUT2D eigenvalue weighted by atomic mass is 10.0. The second-order valence-corrected chi connectivity index (χ2v) is 10.5. The predicted octanol–water partition coefficient (Wildman–Crippen LogP) is 4.79. The number of aliphatic imine (C=N–C) groups is 1. The highest BCUT2D eigenvalue weighted by molar-refractivity contribution is 6.05. The van der Waals surface area contributed by atoms with Crippen molar-refractivity contribution in [3.05, 3.63) is 83.4 Å². The maximum Gasteiger partial charge on any atom is 0.273 e. The van der Waals surface area contributed by atoms with Crippen LogP contribution in [-0.2, 0) is 21.0 Å². The number of hydroxylamine groups is 2. The van der Waals surface area contributed by atoms with E-state index in [0.717, 1.165) is 73.0 Å². The average molecular weight is 570 g/mol. The van der Waals surface area contributed by atoms with Crippen LogP contribution in [0.15, 0.2) is 77.3 Å². The molecule has 0 unspecified atom stereocenters. The largest absolute Gasteiger partial charge is 0.492 e. The van der Waals surface area contributed by atoms with Crippen molar-refractivity contribution < 1.29 is 19.1 Å². The Labute approximate surface area is 247 Å². The molecule has 9 nitrogen and oxygen atoms in total. The van der Waals surface area contributed by atoms with Crippen LogP contribution in [-0.4, -0.2) is 67.7 Å². The summed E-state index contributed by atoms with van der Waals surface area (Å²) in [5.74, 6) is 0.978. The van der Waals surface area contributed by atoms with Gasteiger partial charge in [-0.3, -0.25) is 14.5 Å². The Morgan fingerprint density at radius 3 is 2.60 bits per heavy atom. The van der Waals surface area contributed by atoms with Crippen molar-refractivity contribution in [2.75, 3.05) is 51.7 Å². The zero-order chi connectivity index (χ0) is 29.3. The van der Waals surface area contributed by atoms with E-state index in [-0.39, 0.29) is 18.9 Å². The monoisotopic (exact) mass is 569 g/mol. The van der Waals surface area contributed by atoms with Gasteiger partial charge in [0, 0.05) is 49.4 Å². The lowest BCUT2D eigenvalue weighted by molar-refractivity contribution is -0.187. The van der Waals surface area contributed by atoms with Crippen LogP contribution in [0.25, 0.3) is 17.2 Å². The van der Waals surface area contributed by atoms with Crippen molar-refractivity contribution in [2.45, 2.75) is 26.4 Å². The molecule has 42 heavy (non-hydrogen) atoms. The molecule has 9 heteroatoms. The van der Waals surface area contributed by atoms with Gasteiger partial charge in [0.15, 0.2) is 0 Å². The number of hydrogen-bond acceptors (Lipinski definition) is 8. The van der Waals surface area contributed by atoms with Crippen LogP contribution in [0.2, 0.25) is 0 Å². The quantitative estimate of drug-likeness (QED) is 0.252. The van der Waals surface area contributed by atoms with Gasteiger partial charge in [0.1, 0.15) is 24.8 Å². The van der Waals surface area contributed by atoms with E-state index in [9.17, 15) is 4.79 Å². The lowest BCUT2D eigenvalue weighted by Gasteiger charge is -2.26. The highest BCUT2D eigenvalue weighted by Gasteiger charge is 2.22. The normalized spacial score (nSPS) is 15.3. The number of ether oxygens (including phenoxy) is 2. The highest BCUT2D eigenvalue weighted by Crippen LogP contribution is 2.33. The second-order valence-electron chi connectivity index (χ2n) is 10.5. The molecule has 0 aliphatic carbocycles. The minimum Gasteiger partial charge on any atom is -0.492 e. The van der Waals surface area contributed by atoms with Crippen LogP contribution in [0.5, 0.6) is 5.75 Å². The molecule has 2 heterocycles. The summed E-state index contributed by atoms with van der Waals surface area (Å²) in [7, 11) is 0. The SMILES string of the molecule is CCCN(OCc1ccc(N)cc1)C(=O)C1=Cc2ccc(-c3cccc(OCCN4CCOCC4)c3)cc2N=C(N)C1. The van der Waals surface area contributed by atoms with Gasteiger partial charge >= 0.3 is 0 Å². The maximum absolute atomic E-state index is 13.6. The fraction of sp³-hybridized carbons (Fsp3) is 0.333. The van der Waals surface area contributed by atoms with Crippen molar-refractivity contribution in [3.63, 3.8) is 0 Å². The van der Waals surface area contributed by atoms with Crippen LogP contribution in [0.4, 0.5) is 11.4 Å². The molecule has 0 atom stereocenters. The Morgan fingerprint density at radius 1 is 1.02 bits per heavy atom. The van der Waals surface area contributed by atoms with Crippen molar-refractivity contribution in [1.29, 1.82) is 0 Å². The van der Waals surface area contributed by atoms with Crippen LogP contribution in [0.3, 0.4) is 0 Å². The molecule has 3 aromatic rings. The minimum atomic E-state index is -0.218. The first-order valence-corrected chi connectivity index (χ1v) is 14.5. The van der Waals surface area contributed by atoms with E-state index >= 15 is 0 Å². The standard InChI is InChI=1S/C33H39N5O4/c1-2-12-38(42-23-24-6-10-29(34)11-7-24)33(39)28-19-27-9-8-26(21-31(27)36-32(35)22-28)25-4-3-5-30(20-25)41-18-15-37-13-16-40-17-14-37/h3-11,19-21H,2,12-18,22-23,34H2,1H3,(H2,35,36). The number of amidine groups is 1. The summed E-state index contributed by atoms with van der Waals surface area (Å²) >= 11 is 0. The fourth-order valence-electron chi connectivity index (χ4n) is 4.94. The third-order valence-corrected chi connectivity index (χ3v) is 7.24. The van der Waals surface area contributed by atoms with E-state index in [1.54, 1.807) is 0 Å². The Hall–Kier alpha value is -4.18. The molecule has 0 aromatic heterocycles. The van der Waals surface area contributed by atoms with Gasteiger partial charge in [-0.15, -0.1) is 0 Å². The topological polar surface area (TPSA) is 116 Å². The number of carbonyl (C=O) groups excluding carboxylic acids is 1. The molecule has 3 aromatic carbocycles. The molecule has 0 saturated carbocycles. The highest BCUT2D eigenvalue weighted by atomic mass is 16.7. The summed E-state index contributed by atoms with van der Waals surface area (Å²) in [6, 6.07) is 21.5. The third-order valence-electron chi connectivity index (χ3n) is 7.24. The number of nitrogens with zero attached hydrogens (tertiary/aromatic N) is 3. The number of benzene rings is 3. The van der Waals surface area contributed by atoms with Gasteiger partial charge in [0.25, 0.3) is 5.91 Å². The van der Waals surface area contributed by atoms with Crippen molar-refractivity contribution in [2.24, 2.45) is 10.7 Å². The van der Waals surface area contributed by atoms with E-state index in [2.05, 4.69) is 9.89 Å². The first-order valence-electron chi connectivity index (χ1n) is 14.5. The lowest BCUT2D eigenvalue weighted by Crippen LogP contribution is -2.38. The van der Waals surface area contributed by atoms with Crippen LogP contribution < -0.4 is 16.2 Å². The van der Waals surface area contributed by atoms with E-state index < -0.39 is 0 Å². The van der Waals surface area contributed by atoms with Gasteiger partial charge in [0.05, 0.1) is 18.9 Å². The molecule has 220 valence electrons. The van der Waals surface area contributed by atoms with Gasteiger partial charge in [-0.1, -0.05) is 43.3 Å². The van der Waals surface area contributed by atoms with E-state index in [0.29, 0.717) is 30.2 Å². The van der Waals surface area contributed by atoms with E-state index in [1.807, 2.05) is 79.7 Å². The summed E-state index contributed by atoms with van der Waals surface area (Å²) in [4.78, 5) is 26.5. The van der Waals surface area contributed by atoms with Crippen LogP contribution in [0.1, 0.15) is 30.9 Å². The smallest absolute Gasteiger partial charge is 0.273 e. The molecule has 1 saturated heterocycles. The number of morpholine rings is 1. The Bertz CT molecular complexity index is 1430. The third kappa shape index (κ3) is 7.76. The van der Waals surface area contributed by atoms with Gasteiger partial charge in [0.2, 0.25) is 0 Å². The Morgan fingerprint density at radius 2 is 1.81 bits per heavy atom. The zero-order valence-electron chi connectivity index (χ0n) is 24.1. The van der Waals surface area contributed by atoms with Gasteiger partial charge in [-0.25, -0.2) is 10.1 Å². The molecule has 4 N–H and O–H groups in total. The molecule has 0 radical (unpaired) electrons. The second kappa shape index (κ2) is 14.1. The van der Waals surface area contributed by atoms with Gasteiger partial charge < -0.3 is 20.9 Å². The molecule has 0 spiro atoms. The number of anilines is 1. The summed E-state index contributed by atoms with van der Waals surface area (Å²) in [5.41, 5.74) is 17.8. The molecule has 0 bridgehead atoms. The summed E-state index contributed by atoms with van der Waals surface area (Å²) in [6.45, 7) is 7.66. The Balaban J connectivity index is 1.29. The predicted molar refractivity (Wildman–Crippen MR) is 166 cm³/mol. The first kappa shape index (κ1) is 29.3. The average Bonchev–Trinajstić information content (AvgIpc) is 3.18. The van der Waals surface area contributed by atoms with Crippen molar-refractivity contribution in [1.82, 2.24) is 9.96 Å².